The van der Waals surface area contributed by atoms with Crippen LogP contribution in [0.15, 0.2) is 146 Å². The van der Waals surface area contributed by atoms with E-state index in [0.29, 0.717) is 40.2 Å². The van der Waals surface area contributed by atoms with Gasteiger partial charge in [0.25, 0.3) is 5.69 Å². The molecule has 0 unspecified atom stereocenters. The highest BCUT2D eigenvalue weighted by molar-refractivity contribution is 5.70. The summed E-state index contributed by atoms with van der Waals surface area (Å²) in [6.45, 7) is 2.04. The van der Waals surface area contributed by atoms with Gasteiger partial charge in [-0.1, -0.05) is 54.1 Å². The third kappa shape index (κ3) is 6.41. The van der Waals surface area contributed by atoms with Crippen molar-refractivity contribution in [2.75, 3.05) is 14.2 Å². The number of nitro benzene ring substituents is 1. The number of hydrogen-bond donors (Lipinski definition) is 0. The van der Waals surface area contributed by atoms with Crippen LogP contribution in [-0.4, -0.2) is 49.1 Å². The molecule has 264 valence electrons. The highest BCUT2D eigenvalue weighted by Crippen LogP contribution is 2.32. The molecule has 13 nitrogen and oxygen atoms in total. The van der Waals surface area contributed by atoms with Crippen molar-refractivity contribution >= 4 is 5.69 Å². The van der Waals surface area contributed by atoms with E-state index in [1.54, 1.807) is 45.5 Å². The molecule has 8 aromatic rings. The number of non-ortho nitro benzene ring substituents is 1. The molecule has 0 spiro atoms. The van der Waals surface area contributed by atoms with Crippen LogP contribution in [0, 0.1) is 17.0 Å². The van der Waals surface area contributed by atoms with Crippen LogP contribution in [-0.2, 0) is 0 Å². The number of ether oxygens (including phenoxy) is 2. The SMILES string of the molecule is COc1cc(-c2ccc(-[n+]3nc(-c4ccccc4)nn3-c3ccc([N+](=O)[O-])cc3)c(OC)c2)ccc1-[n+]1nc(-c2ccccc2)nn1-c1ccc(C)cc1. The van der Waals surface area contributed by atoms with Gasteiger partial charge in [-0.25, -0.2) is 0 Å². The van der Waals surface area contributed by atoms with Crippen LogP contribution in [0.2, 0.25) is 0 Å². The van der Waals surface area contributed by atoms with Crippen molar-refractivity contribution < 1.29 is 24.0 Å². The van der Waals surface area contributed by atoms with E-state index in [9.17, 15) is 10.1 Å². The first kappa shape index (κ1) is 33.6. The molecule has 0 radical (unpaired) electrons. The van der Waals surface area contributed by atoms with E-state index < -0.39 is 4.92 Å². The van der Waals surface area contributed by atoms with E-state index in [2.05, 4.69) is 0 Å². The zero-order chi connectivity index (χ0) is 37.2. The Kier molecular flexibility index (Phi) is 8.85. The predicted molar refractivity (Wildman–Crippen MR) is 200 cm³/mol. The van der Waals surface area contributed by atoms with Gasteiger partial charge in [0.1, 0.15) is 11.4 Å². The van der Waals surface area contributed by atoms with E-state index >= 15 is 0 Å². The average molecular weight is 716 g/mol. The van der Waals surface area contributed by atoms with Crippen molar-refractivity contribution in [2.45, 2.75) is 6.92 Å². The maximum atomic E-state index is 11.4. The summed E-state index contributed by atoms with van der Waals surface area (Å²) in [5.74, 6) is 2.14. The summed E-state index contributed by atoms with van der Waals surface area (Å²) >= 11 is 0. The number of rotatable bonds is 10. The summed E-state index contributed by atoms with van der Waals surface area (Å²) in [6.07, 6.45) is 0. The molecule has 0 fully saturated rings. The van der Waals surface area contributed by atoms with Crippen molar-refractivity contribution in [3.63, 3.8) is 0 Å². The minimum atomic E-state index is -0.437. The molecule has 0 aliphatic heterocycles. The number of hydrogen-bond acceptors (Lipinski definition) is 8. The maximum Gasteiger partial charge on any atom is 0.340 e. The molecular weight excluding hydrogens is 683 g/mol. The lowest BCUT2D eigenvalue weighted by molar-refractivity contribution is -0.734. The monoisotopic (exact) mass is 715 g/mol. The smallest absolute Gasteiger partial charge is 0.340 e. The maximum absolute atomic E-state index is 11.4. The number of aryl methyl sites for hydroxylation is 1. The minimum absolute atomic E-state index is 0.0255. The van der Waals surface area contributed by atoms with Crippen LogP contribution in [0.3, 0.4) is 0 Å². The van der Waals surface area contributed by atoms with Crippen LogP contribution >= 0.6 is 0 Å². The first-order valence-corrected chi connectivity index (χ1v) is 17.0. The zero-order valence-corrected chi connectivity index (χ0v) is 29.5. The number of tetrazole rings is 2. The van der Waals surface area contributed by atoms with Crippen LogP contribution in [0.1, 0.15) is 5.56 Å². The van der Waals surface area contributed by atoms with Gasteiger partial charge in [-0.05, 0) is 123 Å². The van der Waals surface area contributed by atoms with Crippen molar-refractivity contribution in [3.8, 4) is 68.2 Å². The summed E-state index contributed by atoms with van der Waals surface area (Å²) in [5, 5.41) is 30.8. The van der Waals surface area contributed by atoms with Crippen LogP contribution in [0.25, 0.3) is 56.7 Å². The second kappa shape index (κ2) is 14.2. The Balaban J connectivity index is 1.20. The predicted octanol–water partition coefficient (Wildman–Crippen LogP) is 6.64. The third-order valence-corrected chi connectivity index (χ3v) is 8.86. The highest BCUT2D eigenvalue weighted by Gasteiger charge is 2.28. The fourth-order valence-electron chi connectivity index (χ4n) is 6.05. The molecule has 2 aromatic heterocycles. The van der Waals surface area contributed by atoms with E-state index in [0.717, 1.165) is 33.5 Å². The zero-order valence-electron chi connectivity index (χ0n) is 29.5. The quantitative estimate of drug-likeness (QED) is 0.0876. The van der Waals surface area contributed by atoms with Crippen molar-refractivity contribution in [3.05, 3.63) is 161 Å². The Labute approximate surface area is 309 Å². The molecule has 54 heavy (non-hydrogen) atoms. The van der Waals surface area contributed by atoms with Gasteiger partial charge in [-0.15, -0.1) is 0 Å². The lowest BCUT2D eigenvalue weighted by Gasteiger charge is -2.11. The molecule has 0 amide bonds. The molecule has 13 heteroatoms. The molecule has 2 heterocycles. The topological polar surface area (TPSA) is 131 Å². The third-order valence-electron chi connectivity index (χ3n) is 8.86. The van der Waals surface area contributed by atoms with E-state index in [1.807, 2.05) is 128 Å². The average Bonchev–Trinajstić information content (AvgIpc) is 3.87. The molecule has 0 bridgehead atoms. The second-order valence-electron chi connectivity index (χ2n) is 12.3. The summed E-state index contributed by atoms with van der Waals surface area (Å²) in [4.78, 5) is 17.6. The molecule has 0 aliphatic carbocycles. The number of aromatic nitrogens is 8. The van der Waals surface area contributed by atoms with Gasteiger partial charge in [0.2, 0.25) is 11.4 Å². The fourth-order valence-corrected chi connectivity index (χ4v) is 6.05. The fraction of sp³-hybridized carbons (Fsp3) is 0.0732. The molecule has 0 N–H and O–H groups in total. The Bertz CT molecular complexity index is 2610. The number of methoxy groups -OCH3 is 2. The molecule has 6 aromatic carbocycles. The summed E-state index contributed by atoms with van der Waals surface area (Å²) in [7, 11) is 3.22. The standard InChI is InChI=1S/C41H33N9O4/c1-28-14-18-33(19-15-28)46-42-40(29-10-6-4-7-11-29)44-48(46)36-24-16-31(26-38(36)53-2)32-17-25-37(39(27-32)54-3)49-45-41(30-12-8-5-9-13-30)43-47(49)34-20-22-35(23-21-34)50(51)52/h4-27H,1-3H3/q+2. The Morgan fingerprint density at radius 1 is 0.556 bits per heavy atom. The van der Waals surface area contributed by atoms with Gasteiger partial charge < -0.3 is 9.47 Å². The van der Waals surface area contributed by atoms with Crippen LogP contribution < -0.4 is 19.1 Å². The highest BCUT2D eigenvalue weighted by atomic mass is 16.6. The van der Waals surface area contributed by atoms with Crippen LogP contribution in [0.4, 0.5) is 5.69 Å². The molecule has 0 aliphatic rings. The van der Waals surface area contributed by atoms with Crippen molar-refractivity contribution in [1.29, 1.82) is 0 Å². The van der Waals surface area contributed by atoms with Gasteiger partial charge >= 0.3 is 11.6 Å². The molecule has 8 rings (SSSR count). The Morgan fingerprint density at radius 3 is 1.39 bits per heavy atom. The van der Waals surface area contributed by atoms with Crippen molar-refractivity contribution in [2.24, 2.45) is 0 Å². The van der Waals surface area contributed by atoms with Gasteiger partial charge in [-0.3, -0.25) is 10.1 Å². The Morgan fingerprint density at radius 2 is 0.981 bits per heavy atom. The Hall–Kier alpha value is -7.54. The summed E-state index contributed by atoms with van der Waals surface area (Å²) < 4.78 is 11.9. The van der Waals surface area contributed by atoms with Gasteiger partial charge in [0.05, 0.1) is 40.5 Å². The lowest BCUT2D eigenvalue weighted by atomic mass is 10.0. The normalized spacial score (nSPS) is 11.0. The molecule has 0 saturated carbocycles. The van der Waals surface area contributed by atoms with Crippen LogP contribution in [0.5, 0.6) is 11.5 Å². The second-order valence-corrected chi connectivity index (χ2v) is 12.3. The van der Waals surface area contributed by atoms with Crippen molar-refractivity contribution in [1.82, 2.24) is 30.0 Å². The molecule has 0 atom stereocenters. The largest absolute Gasteiger partial charge is 0.492 e. The van der Waals surface area contributed by atoms with Gasteiger partial charge in [0, 0.05) is 21.7 Å². The number of benzene rings is 6. The van der Waals surface area contributed by atoms with Gasteiger partial charge in [-0.2, -0.15) is 0 Å². The van der Waals surface area contributed by atoms with E-state index in [4.69, 9.17) is 29.9 Å². The minimum Gasteiger partial charge on any atom is -0.492 e. The number of nitrogens with zero attached hydrogens (tertiary/aromatic N) is 9. The van der Waals surface area contributed by atoms with Gasteiger partial charge in [0.15, 0.2) is 11.5 Å². The molecule has 0 saturated heterocycles. The summed E-state index contributed by atoms with van der Waals surface area (Å²) in [5.41, 5.74) is 7.26. The first-order chi connectivity index (χ1) is 26.4. The van der Waals surface area contributed by atoms with E-state index in [-0.39, 0.29) is 5.69 Å². The molecular formula is C41H33N9O4+2. The summed E-state index contributed by atoms with van der Waals surface area (Å²) in [6, 6.07) is 45.3. The first-order valence-electron chi connectivity index (χ1n) is 17.0. The van der Waals surface area contributed by atoms with E-state index in [1.165, 1.54) is 12.1 Å². The number of nitro groups is 1. The lowest BCUT2D eigenvalue weighted by Crippen LogP contribution is -2.43.